The third-order valence-corrected chi connectivity index (χ3v) is 2.60. The van der Waals surface area contributed by atoms with Crippen LogP contribution in [-0.2, 0) is 0 Å². The Balaban J connectivity index is 2.19. The molecule has 0 unspecified atom stereocenters. The predicted octanol–water partition coefficient (Wildman–Crippen LogP) is 3.32. The van der Waals surface area contributed by atoms with Crippen LogP contribution in [0, 0.1) is 10.1 Å². The number of hydrogen-bond donors (Lipinski definition) is 2. The smallest absolute Gasteiger partial charge is 0.273 e. The maximum Gasteiger partial charge on any atom is 0.273 e. The molecule has 0 aromatic heterocycles. The number of anilines is 3. The first kappa shape index (κ1) is 13.7. The molecule has 6 heteroatoms. The Morgan fingerprint density at radius 2 is 1.90 bits per heavy atom. The van der Waals surface area contributed by atoms with Crippen molar-refractivity contribution in [1.82, 2.24) is 0 Å². The highest BCUT2D eigenvalue weighted by molar-refractivity contribution is 5.67. The van der Waals surface area contributed by atoms with Crippen molar-refractivity contribution in [3.05, 3.63) is 52.6 Å². The molecule has 3 N–H and O–H groups in total. The molecule has 0 saturated heterocycles. The van der Waals surface area contributed by atoms with Gasteiger partial charge in [-0.2, -0.15) is 0 Å². The molecular formula is C14H15N3O3. The lowest BCUT2D eigenvalue weighted by Gasteiger charge is -2.08. The second-order valence-electron chi connectivity index (χ2n) is 4.15. The molecule has 0 bridgehead atoms. The first-order chi connectivity index (χ1) is 9.58. The summed E-state index contributed by atoms with van der Waals surface area (Å²) in [5.41, 5.74) is 7.32. The number of ether oxygens (including phenoxy) is 1. The highest BCUT2D eigenvalue weighted by Gasteiger charge is 2.08. The molecule has 0 aliphatic carbocycles. The van der Waals surface area contributed by atoms with E-state index in [4.69, 9.17) is 10.5 Å². The Labute approximate surface area is 116 Å². The second kappa shape index (κ2) is 5.92. The van der Waals surface area contributed by atoms with E-state index in [2.05, 4.69) is 5.32 Å². The van der Waals surface area contributed by atoms with E-state index in [1.54, 1.807) is 6.07 Å². The highest BCUT2D eigenvalue weighted by Crippen LogP contribution is 2.26. The van der Waals surface area contributed by atoms with E-state index in [-0.39, 0.29) is 5.69 Å². The molecule has 104 valence electrons. The number of hydrogen-bond acceptors (Lipinski definition) is 5. The number of nitrogens with two attached hydrogens (primary N) is 1. The number of non-ortho nitro benzene ring substituents is 1. The Bertz CT molecular complexity index is 612. The number of benzene rings is 2. The standard InChI is InChI=1S/C14H15N3O3/c1-2-20-14-5-3-11(4-6-14)16-12-7-10(15)8-13(9-12)17(18)19/h3-9,16H,2,15H2,1H3. The van der Waals surface area contributed by atoms with Gasteiger partial charge in [-0.1, -0.05) is 0 Å². The van der Waals surface area contributed by atoms with E-state index in [9.17, 15) is 10.1 Å². The lowest BCUT2D eigenvalue weighted by Crippen LogP contribution is -1.96. The van der Waals surface area contributed by atoms with E-state index in [0.29, 0.717) is 18.0 Å². The Hall–Kier alpha value is -2.76. The quantitative estimate of drug-likeness (QED) is 0.495. The predicted molar refractivity (Wildman–Crippen MR) is 78.4 cm³/mol. The summed E-state index contributed by atoms with van der Waals surface area (Å²) in [6, 6.07) is 11.7. The van der Waals surface area contributed by atoms with Crippen molar-refractivity contribution in [2.75, 3.05) is 17.7 Å². The van der Waals surface area contributed by atoms with Crippen LogP contribution in [0.3, 0.4) is 0 Å². The Morgan fingerprint density at radius 1 is 1.20 bits per heavy atom. The van der Waals surface area contributed by atoms with Crippen LogP contribution in [-0.4, -0.2) is 11.5 Å². The lowest BCUT2D eigenvalue weighted by molar-refractivity contribution is -0.384. The third kappa shape index (κ3) is 3.38. The van der Waals surface area contributed by atoms with Gasteiger partial charge in [-0.15, -0.1) is 0 Å². The molecule has 20 heavy (non-hydrogen) atoms. The minimum Gasteiger partial charge on any atom is -0.494 e. The van der Waals surface area contributed by atoms with Gasteiger partial charge in [0.2, 0.25) is 0 Å². The van der Waals surface area contributed by atoms with Gasteiger partial charge in [0.05, 0.1) is 11.5 Å². The molecule has 0 saturated carbocycles. The van der Waals surface area contributed by atoms with Gasteiger partial charge in [0.25, 0.3) is 5.69 Å². The molecule has 0 amide bonds. The van der Waals surface area contributed by atoms with Gasteiger partial charge in [0.1, 0.15) is 5.75 Å². The second-order valence-corrected chi connectivity index (χ2v) is 4.15. The van der Waals surface area contributed by atoms with Gasteiger partial charge in [-0.3, -0.25) is 10.1 Å². The summed E-state index contributed by atoms with van der Waals surface area (Å²) in [4.78, 5) is 10.3. The first-order valence-electron chi connectivity index (χ1n) is 6.13. The molecule has 0 aliphatic rings. The highest BCUT2D eigenvalue weighted by atomic mass is 16.6. The van der Waals surface area contributed by atoms with Crippen LogP contribution in [0.25, 0.3) is 0 Å². The van der Waals surface area contributed by atoms with Crippen molar-refractivity contribution in [3.8, 4) is 5.75 Å². The van der Waals surface area contributed by atoms with Gasteiger partial charge in [0.15, 0.2) is 0 Å². The summed E-state index contributed by atoms with van der Waals surface area (Å²) in [7, 11) is 0. The maximum absolute atomic E-state index is 10.8. The molecule has 0 atom stereocenters. The summed E-state index contributed by atoms with van der Waals surface area (Å²) in [6.45, 7) is 2.52. The molecular weight excluding hydrogens is 258 g/mol. The number of nitrogens with one attached hydrogen (secondary N) is 1. The van der Waals surface area contributed by atoms with Crippen LogP contribution >= 0.6 is 0 Å². The van der Waals surface area contributed by atoms with E-state index in [1.807, 2.05) is 31.2 Å². The van der Waals surface area contributed by atoms with Crippen molar-refractivity contribution in [3.63, 3.8) is 0 Å². The zero-order chi connectivity index (χ0) is 14.5. The van der Waals surface area contributed by atoms with Gasteiger partial charge in [0, 0.05) is 29.2 Å². The Kier molecular flexibility index (Phi) is 4.05. The largest absolute Gasteiger partial charge is 0.494 e. The molecule has 6 nitrogen and oxygen atoms in total. The summed E-state index contributed by atoms with van der Waals surface area (Å²) in [5.74, 6) is 0.775. The average Bonchev–Trinajstić information content (AvgIpc) is 2.40. The summed E-state index contributed by atoms with van der Waals surface area (Å²) in [6.07, 6.45) is 0. The SMILES string of the molecule is CCOc1ccc(Nc2cc(N)cc([N+](=O)[O-])c2)cc1. The van der Waals surface area contributed by atoms with Gasteiger partial charge < -0.3 is 15.8 Å². The van der Waals surface area contributed by atoms with Crippen molar-refractivity contribution < 1.29 is 9.66 Å². The molecule has 0 spiro atoms. The van der Waals surface area contributed by atoms with Crippen LogP contribution in [0.5, 0.6) is 5.75 Å². The fraction of sp³-hybridized carbons (Fsp3) is 0.143. The zero-order valence-corrected chi connectivity index (χ0v) is 11.0. The summed E-state index contributed by atoms with van der Waals surface area (Å²) >= 11 is 0. The van der Waals surface area contributed by atoms with Gasteiger partial charge in [-0.25, -0.2) is 0 Å². The minimum atomic E-state index is -0.472. The first-order valence-corrected chi connectivity index (χ1v) is 6.13. The van der Waals surface area contributed by atoms with Crippen molar-refractivity contribution in [1.29, 1.82) is 0 Å². The number of nitrogen functional groups attached to an aromatic ring is 1. The van der Waals surface area contributed by atoms with Gasteiger partial charge in [-0.05, 0) is 37.3 Å². The number of nitrogens with zero attached hydrogens (tertiary/aromatic N) is 1. The number of rotatable bonds is 5. The summed E-state index contributed by atoms with van der Waals surface area (Å²) in [5, 5.41) is 13.8. The maximum atomic E-state index is 10.8. The van der Waals surface area contributed by atoms with Crippen molar-refractivity contribution >= 4 is 22.7 Å². The molecule has 0 heterocycles. The molecule has 2 rings (SSSR count). The number of nitro benzene ring substituents is 1. The molecule has 0 fully saturated rings. The normalized spacial score (nSPS) is 10.1. The van der Waals surface area contributed by atoms with Crippen LogP contribution < -0.4 is 15.8 Å². The summed E-state index contributed by atoms with van der Waals surface area (Å²) < 4.78 is 5.34. The fourth-order valence-electron chi connectivity index (χ4n) is 1.78. The zero-order valence-electron chi connectivity index (χ0n) is 11.0. The van der Waals surface area contributed by atoms with Crippen LogP contribution in [0.4, 0.5) is 22.7 Å². The van der Waals surface area contributed by atoms with Gasteiger partial charge >= 0.3 is 0 Å². The Morgan fingerprint density at radius 3 is 2.50 bits per heavy atom. The molecule has 2 aromatic rings. The monoisotopic (exact) mass is 273 g/mol. The number of nitro groups is 1. The van der Waals surface area contributed by atoms with Crippen LogP contribution in [0.1, 0.15) is 6.92 Å². The lowest BCUT2D eigenvalue weighted by atomic mass is 10.2. The van der Waals surface area contributed by atoms with Crippen LogP contribution in [0.2, 0.25) is 0 Å². The van der Waals surface area contributed by atoms with Crippen molar-refractivity contribution in [2.45, 2.75) is 6.92 Å². The molecule has 0 radical (unpaired) electrons. The van der Waals surface area contributed by atoms with E-state index < -0.39 is 4.92 Å². The molecule has 0 aliphatic heterocycles. The average molecular weight is 273 g/mol. The minimum absolute atomic E-state index is 0.0431. The van der Waals surface area contributed by atoms with E-state index in [1.165, 1.54) is 12.1 Å². The topological polar surface area (TPSA) is 90.4 Å². The fourth-order valence-corrected chi connectivity index (χ4v) is 1.78. The van der Waals surface area contributed by atoms with Crippen molar-refractivity contribution in [2.24, 2.45) is 0 Å². The van der Waals surface area contributed by atoms with E-state index in [0.717, 1.165) is 11.4 Å². The third-order valence-electron chi connectivity index (χ3n) is 2.60. The molecule has 2 aromatic carbocycles. The van der Waals surface area contributed by atoms with Crippen LogP contribution in [0.15, 0.2) is 42.5 Å². The van der Waals surface area contributed by atoms with E-state index >= 15 is 0 Å².